The number of ether oxygens (including phenoxy) is 2. The summed E-state index contributed by atoms with van der Waals surface area (Å²) in [5.41, 5.74) is 6.21. The number of aliphatic hydroxyl groups is 1. The lowest BCUT2D eigenvalue weighted by molar-refractivity contribution is -0.870. The second kappa shape index (κ2) is 40.0. The largest absolute Gasteiger partial charge is 0.481 e. The first-order valence-corrected chi connectivity index (χ1v) is 26.3. The lowest BCUT2D eigenvalue weighted by Gasteiger charge is -2.24. The second-order valence-corrected chi connectivity index (χ2v) is 20.0. The number of nitrogens with zero attached hydrogens (tertiary/aromatic N) is 1. The van der Waals surface area contributed by atoms with Crippen LogP contribution in [0.5, 0.6) is 0 Å². The second-order valence-electron chi connectivity index (χ2n) is 17.4. The number of hydrogen-bond acceptors (Lipinski definition) is 11. The number of nitrogens with two attached hydrogens (primary N) is 1. The summed E-state index contributed by atoms with van der Waals surface area (Å²) < 4.78 is 34.4. The zero-order chi connectivity index (χ0) is 47.0. The summed E-state index contributed by atoms with van der Waals surface area (Å²) in [5, 5.41) is 19.5. The van der Waals surface area contributed by atoms with Crippen LogP contribution in [0.25, 0.3) is 0 Å². The van der Waals surface area contributed by atoms with Gasteiger partial charge in [-0.1, -0.05) is 159 Å². The smallest absolute Gasteiger partial charge is 0.472 e. The van der Waals surface area contributed by atoms with Gasteiger partial charge in [-0.05, 0) is 38.5 Å². The molecule has 0 aromatic heterocycles. The Balaban J connectivity index is 5.22. The molecule has 0 fully saturated rings. The predicted octanol–water partition coefficient (Wildman–Crippen LogP) is 10.4. The summed E-state index contributed by atoms with van der Waals surface area (Å²) in [5.74, 6) is -2.22. The van der Waals surface area contributed by atoms with E-state index >= 15 is 0 Å². The van der Waals surface area contributed by atoms with Gasteiger partial charge in [0, 0.05) is 23.8 Å². The summed E-state index contributed by atoms with van der Waals surface area (Å²) in [4.78, 5) is 47.2. The zero-order valence-electron chi connectivity index (χ0n) is 39.7. The number of carbonyl (C=O) groups excluding carboxylic acids is 2. The topological polar surface area (TPSA) is 192 Å². The number of thioether (sulfide) groups is 1. The highest BCUT2D eigenvalue weighted by Crippen LogP contribution is 2.43. The fraction of sp³-hybridized carbons (Fsp3) is 0.771. The Morgan fingerprint density at radius 1 is 0.730 bits per heavy atom. The number of quaternary nitrogens is 1. The van der Waals surface area contributed by atoms with Crippen LogP contribution < -0.4 is 5.73 Å². The molecule has 0 aliphatic heterocycles. The van der Waals surface area contributed by atoms with Gasteiger partial charge >= 0.3 is 25.7 Å². The molecule has 0 saturated carbocycles. The number of phosphoric ester groups is 1. The molecular formula is C48H88N2O11PS+. The number of unbranched alkanes of at least 4 members (excludes halogenated alkanes) is 16. The molecule has 0 heterocycles. The van der Waals surface area contributed by atoms with Gasteiger partial charge < -0.3 is 34.8 Å². The van der Waals surface area contributed by atoms with E-state index in [1.54, 1.807) is 12.2 Å². The molecule has 63 heavy (non-hydrogen) atoms. The Labute approximate surface area is 385 Å². The maximum atomic E-state index is 13.0. The maximum Gasteiger partial charge on any atom is 0.472 e. The molecule has 0 amide bonds. The van der Waals surface area contributed by atoms with Crippen molar-refractivity contribution in [1.82, 2.24) is 0 Å². The Kier molecular flexibility index (Phi) is 38.6. The standard InChI is InChI=1S/C48H87N2O11PS/c1-6-8-10-12-14-16-18-20-21-23-25-27-29-31-36-47(54)61-42(40-60-62(56,57)59-38-37-50(3,4)5)39-58-48(55)43(49)41-63-45(44(51)33-32-35-46(52)53)34-30-28-26-24-22-19-17-15-13-11-9-7-2/h15,17,22,24,26,28,30,34,42-45,51H,6-14,16,18-21,23,25,27,29,31-33,35-41,49H2,1-5H3,(H-,52,53,56,57)/p+1/b17-15-,24-22-,28-26+,34-30+/t42-,43+,44+,45-/m1/s1. The van der Waals surface area contributed by atoms with Gasteiger partial charge in [-0.2, -0.15) is 0 Å². The predicted molar refractivity (Wildman–Crippen MR) is 257 cm³/mol. The molecule has 0 radical (unpaired) electrons. The quantitative estimate of drug-likeness (QED) is 0.0113. The van der Waals surface area contributed by atoms with Gasteiger partial charge in [0.25, 0.3) is 0 Å². The number of allylic oxidation sites excluding steroid dienone is 7. The van der Waals surface area contributed by atoms with Crippen molar-refractivity contribution >= 4 is 37.5 Å². The molecule has 0 rings (SSSR count). The first-order valence-electron chi connectivity index (χ1n) is 23.8. The molecule has 0 aromatic rings. The molecule has 0 saturated heterocycles. The van der Waals surface area contributed by atoms with Gasteiger partial charge in [-0.15, -0.1) is 11.8 Å². The molecule has 0 bridgehead atoms. The van der Waals surface area contributed by atoms with Crippen molar-refractivity contribution in [2.45, 2.75) is 185 Å². The van der Waals surface area contributed by atoms with Gasteiger partial charge in [-0.3, -0.25) is 23.4 Å². The Bertz CT molecular complexity index is 1340. The number of rotatable bonds is 43. The summed E-state index contributed by atoms with van der Waals surface area (Å²) in [6.45, 7) is 3.81. The number of carbonyl (C=O) groups is 3. The average Bonchev–Trinajstić information content (AvgIpc) is 3.22. The summed E-state index contributed by atoms with van der Waals surface area (Å²) in [6, 6.07) is -1.12. The van der Waals surface area contributed by atoms with Crippen molar-refractivity contribution < 1.29 is 57.1 Å². The van der Waals surface area contributed by atoms with E-state index in [-0.39, 0.29) is 38.0 Å². The molecule has 13 nitrogen and oxygen atoms in total. The SMILES string of the molecule is CCCCC/C=C\C\C=C/C=C/C=C/[C@@H](SC[C@H](N)C(=O)OC[C@H](COP(=O)(O)OCC[N+](C)(C)C)OC(=O)CCCCCCCCCCCCCCCC)[C@@H](O)CCCC(=O)O. The number of phosphoric acid groups is 1. The third-order valence-electron chi connectivity index (χ3n) is 10.1. The van der Waals surface area contributed by atoms with Gasteiger partial charge in [0.1, 0.15) is 25.8 Å². The highest BCUT2D eigenvalue weighted by molar-refractivity contribution is 8.00. The number of likely N-dealkylation sites (N-methyl/N-ethyl adjacent to an activating group) is 1. The van der Waals surface area contributed by atoms with Crippen LogP contribution in [0.1, 0.15) is 162 Å². The van der Waals surface area contributed by atoms with Gasteiger partial charge in [-0.25, -0.2) is 4.57 Å². The van der Waals surface area contributed by atoms with E-state index in [9.17, 15) is 28.9 Å². The molecule has 5 N–H and O–H groups in total. The minimum absolute atomic E-state index is 0.0444. The fourth-order valence-corrected chi connectivity index (χ4v) is 8.09. The molecule has 0 aliphatic rings. The third-order valence-corrected chi connectivity index (χ3v) is 12.5. The Hall–Kier alpha value is -2.29. The molecule has 15 heteroatoms. The molecule has 0 spiro atoms. The van der Waals surface area contributed by atoms with Crippen LogP contribution in [0.2, 0.25) is 0 Å². The lowest BCUT2D eigenvalue weighted by Crippen LogP contribution is -2.39. The van der Waals surface area contributed by atoms with Crippen LogP contribution in [-0.4, -0.2) is 114 Å². The Morgan fingerprint density at radius 3 is 1.92 bits per heavy atom. The first-order chi connectivity index (χ1) is 30.1. The minimum atomic E-state index is -4.51. The molecule has 0 aliphatic carbocycles. The van der Waals surface area contributed by atoms with Gasteiger partial charge in [0.2, 0.25) is 0 Å². The monoisotopic (exact) mass is 932 g/mol. The minimum Gasteiger partial charge on any atom is -0.481 e. The van der Waals surface area contributed by atoms with Crippen LogP contribution in [-0.2, 0) is 37.5 Å². The van der Waals surface area contributed by atoms with Crippen LogP contribution in [0.4, 0.5) is 0 Å². The van der Waals surface area contributed by atoms with E-state index in [0.29, 0.717) is 17.4 Å². The van der Waals surface area contributed by atoms with Crippen LogP contribution in [0, 0.1) is 0 Å². The van der Waals surface area contributed by atoms with Crippen molar-refractivity contribution in [2.75, 3.05) is 53.3 Å². The zero-order valence-corrected chi connectivity index (χ0v) is 41.4. The van der Waals surface area contributed by atoms with Crippen LogP contribution in [0.3, 0.4) is 0 Å². The average molecular weight is 932 g/mol. The molecule has 5 atom stereocenters. The summed E-state index contributed by atoms with van der Waals surface area (Å²) in [6.07, 6.45) is 36.2. The van der Waals surface area contributed by atoms with E-state index in [0.717, 1.165) is 32.1 Å². The van der Waals surface area contributed by atoms with Crippen LogP contribution >= 0.6 is 19.6 Å². The lowest BCUT2D eigenvalue weighted by atomic mass is 10.0. The molecule has 0 aromatic carbocycles. The number of aliphatic carboxylic acids is 1. The van der Waals surface area contributed by atoms with Crippen molar-refractivity contribution in [1.29, 1.82) is 0 Å². The van der Waals surface area contributed by atoms with Crippen molar-refractivity contribution in [2.24, 2.45) is 5.73 Å². The summed E-state index contributed by atoms with van der Waals surface area (Å²) >= 11 is 1.23. The highest BCUT2D eigenvalue weighted by atomic mass is 32.2. The normalized spacial score (nSPS) is 15.3. The Morgan fingerprint density at radius 2 is 1.32 bits per heavy atom. The number of carboxylic acids is 1. The number of esters is 2. The first kappa shape index (κ1) is 60.7. The van der Waals surface area contributed by atoms with E-state index in [1.807, 2.05) is 45.4 Å². The summed E-state index contributed by atoms with van der Waals surface area (Å²) in [7, 11) is 1.22. The van der Waals surface area contributed by atoms with E-state index < -0.39 is 62.4 Å². The van der Waals surface area contributed by atoms with E-state index in [4.69, 9.17) is 29.4 Å². The fourth-order valence-electron chi connectivity index (χ4n) is 6.22. The van der Waals surface area contributed by atoms with Crippen LogP contribution in [0.15, 0.2) is 48.6 Å². The number of aliphatic hydroxyl groups excluding tert-OH is 1. The maximum absolute atomic E-state index is 13.0. The van der Waals surface area contributed by atoms with E-state index in [2.05, 4.69) is 26.0 Å². The highest BCUT2D eigenvalue weighted by Gasteiger charge is 2.28. The van der Waals surface area contributed by atoms with Crippen molar-refractivity contribution in [3.63, 3.8) is 0 Å². The molecule has 366 valence electrons. The van der Waals surface area contributed by atoms with Gasteiger partial charge in [0.15, 0.2) is 6.10 Å². The molecular weight excluding hydrogens is 844 g/mol. The molecule has 1 unspecified atom stereocenters. The van der Waals surface area contributed by atoms with E-state index in [1.165, 1.54) is 95.2 Å². The third kappa shape index (κ3) is 40.9. The number of hydrogen-bond donors (Lipinski definition) is 4. The number of carboxylic acid groups (broad SMARTS) is 1. The van der Waals surface area contributed by atoms with Crippen molar-refractivity contribution in [3.8, 4) is 0 Å². The van der Waals surface area contributed by atoms with Crippen molar-refractivity contribution in [3.05, 3.63) is 48.6 Å². The van der Waals surface area contributed by atoms with Gasteiger partial charge in [0.05, 0.1) is 33.9 Å².